The largest absolute Gasteiger partial charge is 0.315 e. The predicted molar refractivity (Wildman–Crippen MR) is 81.3 cm³/mol. The van der Waals surface area contributed by atoms with Crippen LogP contribution in [0.15, 0.2) is 30.3 Å². The molecule has 4 heteroatoms. The Bertz CT molecular complexity index is 475. The second kappa shape index (κ2) is 6.53. The van der Waals surface area contributed by atoms with Gasteiger partial charge < -0.3 is 5.32 Å². The Labute approximate surface area is 117 Å². The Morgan fingerprint density at radius 1 is 1.16 bits per heavy atom. The van der Waals surface area contributed by atoms with Crippen molar-refractivity contribution in [3.8, 4) is 0 Å². The first kappa shape index (κ1) is 16.2. The molecule has 3 nitrogen and oxygen atoms in total. The fourth-order valence-corrected chi connectivity index (χ4v) is 2.76. The number of benzene rings is 1. The van der Waals surface area contributed by atoms with E-state index >= 15 is 0 Å². The van der Waals surface area contributed by atoms with Crippen molar-refractivity contribution < 1.29 is 8.42 Å². The lowest BCUT2D eigenvalue weighted by atomic mass is 10.0. The molecule has 0 amide bonds. The second-order valence-electron chi connectivity index (χ2n) is 5.95. The zero-order valence-electron chi connectivity index (χ0n) is 12.3. The van der Waals surface area contributed by atoms with Gasteiger partial charge in [-0.05, 0) is 32.3 Å². The molecule has 0 radical (unpaired) electrons. The Morgan fingerprint density at radius 2 is 1.74 bits per heavy atom. The van der Waals surface area contributed by atoms with E-state index in [-0.39, 0.29) is 5.75 Å². The van der Waals surface area contributed by atoms with Crippen molar-refractivity contribution in [2.24, 2.45) is 0 Å². The maximum atomic E-state index is 11.9. The molecule has 1 aromatic carbocycles. The normalized spacial score (nSPS) is 14.3. The quantitative estimate of drug-likeness (QED) is 0.816. The Hall–Kier alpha value is -0.870. The number of hydrogen-bond donors (Lipinski definition) is 1. The van der Waals surface area contributed by atoms with E-state index in [1.54, 1.807) is 20.8 Å². The molecule has 0 aliphatic carbocycles. The van der Waals surface area contributed by atoms with E-state index in [0.29, 0.717) is 12.5 Å². The lowest BCUT2D eigenvalue weighted by molar-refractivity contribution is 0.553. The van der Waals surface area contributed by atoms with Crippen molar-refractivity contribution in [1.82, 2.24) is 5.32 Å². The van der Waals surface area contributed by atoms with E-state index in [9.17, 15) is 8.42 Å². The summed E-state index contributed by atoms with van der Waals surface area (Å²) >= 11 is 0. The van der Waals surface area contributed by atoms with Gasteiger partial charge in [-0.3, -0.25) is 0 Å². The molecule has 0 saturated carbocycles. The van der Waals surface area contributed by atoms with Crippen LogP contribution >= 0.6 is 0 Å². The molecule has 0 spiro atoms. The smallest absolute Gasteiger partial charge is 0.156 e. The van der Waals surface area contributed by atoms with E-state index in [4.69, 9.17) is 0 Å². The Kier molecular flexibility index (Phi) is 5.56. The van der Waals surface area contributed by atoms with Crippen LogP contribution in [0.1, 0.15) is 39.2 Å². The molecule has 0 aromatic heterocycles. The first-order valence-corrected chi connectivity index (χ1v) is 8.37. The zero-order chi connectivity index (χ0) is 14.5. The monoisotopic (exact) mass is 283 g/mol. The van der Waals surface area contributed by atoms with Gasteiger partial charge in [0.05, 0.1) is 10.5 Å². The van der Waals surface area contributed by atoms with Crippen LogP contribution in [0.3, 0.4) is 0 Å². The summed E-state index contributed by atoms with van der Waals surface area (Å²) in [6.07, 6.45) is 0. The van der Waals surface area contributed by atoms with Crippen LogP contribution in [0.4, 0.5) is 0 Å². The first-order chi connectivity index (χ1) is 8.74. The molecular formula is C15H25NO2S. The summed E-state index contributed by atoms with van der Waals surface area (Å²) < 4.78 is 23.2. The van der Waals surface area contributed by atoms with Crippen molar-refractivity contribution in [3.05, 3.63) is 35.9 Å². The van der Waals surface area contributed by atoms with Crippen LogP contribution in [0.5, 0.6) is 0 Å². The van der Waals surface area contributed by atoms with Crippen molar-refractivity contribution >= 4 is 9.84 Å². The molecular weight excluding hydrogens is 258 g/mol. The molecule has 1 N–H and O–H groups in total. The predicted octanol–water partition coefficient (Wildman–Crippen LogP) is 2.59. The van der Waals surface area contributed by atoms with E-state index in [2.05, 4.69) is 24.4 Å². The van der Waals surface area contributed by atoms with E-state index in [1.807, 2.05) is 18.2 Å². The van der Waals surface area contributed by atoms with Gasteiger partial charge in [0, 0.05) is 13.1 Å². The van der Waals surface area contributed by atoms with Crippen LogP contribution in [-0.4, -0.2) is 32.0 Å². The van der Waals surface area contributed by atoms with Crippen LogP contribution < -0.4 is 5.32 Å². The maximum Gasteiger partial charge on any atom is 0.156 e. The van der Waals surface area contributed by atoms with Gasteiger partial charge >= 0.3 is 0 Å². The molecule has 108 valence electrons. The number of hydrogen-bond acceptors (Lipinski definition) is 3. The molecule has 0 aliphatic heterocycles. The summed E-state index contributed by atoms with van der Waals surface area (Å²) in [5, 5.41) is 3.23. The van der Waals surface area contributed by atoms with Crippen LogP contribution in [0.25, 0.3) is 0 Å². The standard InChI is InChI=1S/C15H25NO2S/c1-13(14-8-6-5-7-9-14)12-16-10-11-19(17,18)15(2,3)4/h5-9,13,16H,10-12H2,1-4H3/t13-/m0/s1. The van der Waals surface area contributed by atoms with Gasteiger partial charge in [0.2, 0.25) is 0 Å². The summed E-state index contributed by atoms with van der Waals surface area (Å²) in [4.78, 5) is 0. The lowest BCUT2D eigenvalue weighted by Crippen LogP contribution is -2.35. The van der Waals surface area contributed by atoms with E-state index in [0.717, 1.165) is 6.54 Å². The minimum Gasteiger partial charge on any atom is -0.315 e. The van der Waals surface area contributed by atoms with Crippen molar-refractivity contribution in [2.45, 2.75) is 38.4 Å². The summed E-state index contributed by atoms with van der Waals surface area (Å²) in [6, 6.07) is 10.2. The highest BCUT2D eigenvalue weighted by Crippen LogP contribution is 2.16. The minimum atomic E-state index is -3.02. The highest BCUT2D eigenvalue weighted by atomic mass is 32.2. The van der Waals surface area contributed by atoms with Gasteiger partial charge in [-0.15, -0.1) is 0 Å². The summed E-state index contributed by atoms with van der Waals surface area (Å²) in [6.45, 7) is 8.68. The van der Waals surface area contributed by atoms with E-state index in [1.165, 1.54) is 5.56 Å². The second-order valence-corrected chi connectivity index (χ2v) is 8.81. The van der Waals surface area contributed by atoms with Crippen molar-refractivity contribution in [3.63, 3.8) is 0 Å². The van der Waals surface area contributed by atoms with Crippen LogP contribution in [0.2, 0.25) is 0 Å². The third kappa shape index (κ3) is 4.96. The first-order valence-electron chi connectivity index (χ1n) is 6.72. The fourth-order valence-electron chi connectivity index (χ4n) is 1.73. The van der Waals surface area contributed by atoms with Gasteiger partial charge in [-0.2, -0.15) is 0 Å². The average molecular weight is 283 g/mol. The van der Waals surface area contributed by atoms with Crippen molar-refractivity contribution in [1.29, 1.82) is 0 Å². The fraction of sp³-hybridized carbons (Fsp3) is 0.600. The summed E-state index contributed by atoms with van der Waals surface area (Å²) in [5.74, 6) is 0.580. The van der Waals surface area contributed by atoms with Crippen LogP contribution in [0, 0.1) is 0 Å². The minimum absolute atomic E-state index is 0.192. The average Bonchev–Trinajstić information content (AvgIpc) is 2.34. The number of rotatable bonds is 6. The molecule has 19 heavy (non-hydrogen) atoms. The third-order valence-electron chi connectivity index (χ3n) is 3.30. The molecule has 0 fully saturated rings. The Balaban J connectivity index is 2.36. The highest BCUT2D eigenvalue weighted by molar-refractivity contribution is 7.92. The lowest BCUT2D eigenvalue weighted by Gasteiger charge is -2.19. The topological polar surface area (TPSA) is 46.2 Å². The maximum absolute atomic E-state index is 11.9. The van der Waals surface area contributed by atoms with Crippen LogP contribution in [-0.2, 0) is 9.84 Å². The van der Waals surface area contributed by atoms with Gasteiger partial charge in [0.1, 0.15) is 0 Å². The number of sulfone groups is 1. The van der Waals surface area contributed by atoms with Gasteiger partial charge in [0.15, 0.2) is 9.84 Å². The highest BCUT2D eigenvalue weighted by Gasteiger charge is 2.28. The Morgan fingerprint density at radius 3 is 2.26 bits per heavy atom. The zero-order valence-corrected chi connectivity index (χ0v) is 13.1. The SMILES string of the molecule is C[C@@H](CNCCS(=O)(=O)C(C)(C)C)c1ccccc1. The third-order valence-corrected chi connectivity index (χ3v) is 5.91. The molecule has 1 aromatic rings. The van der Waals surface area contributed by atoms with Gasteiger partial charge in [-0.25, -0.2) is 8.42 Å². The number of nitrogens with one attached hydrogen (secondary N) is 1. The molecule has 0 heterocycles. The molecule has 0 unspecified atom stereocenters. The molecule has 1 rings (SSSR count). The summed E-state index contributed by atoms with van der Waals surface area (Å²) in [7, 11) is -3.02. The van der Waals surface area contributed by atoms with Crippen molar-refractivity contribution in [2.75, 3.05) is 18.8 Å². The van der Waals surface area contributed by atoms with E-state index < -0.39 is 14.6 Å². The molecule has 0 saturated heterocycles. The molecule has 1 atom stereocenters. The van der Waals surface area contributed by atoms with Gasteiger partial charge in [0.25, 0.3) is 0 Å². The summed E-state index contributed by atoms with van der Waals surface area (Å²) in [5.41, 5.74) is 1.27. The molecule has 0 bridgehead atoms. The molecule has 0 aliphatic rings. The van der Waals surface area contributed by atoms with Gasteiger partial charge in [-0.1, -0.05) is 37.3 Å².